The second-order valence-electron chi connectivity index (χ2n) is 24.1. The minimum Gasteiger partial charge on any atom is -0.462 e. The van der Waals surface area contributed by atoms with Gasteiger partial charge >= 0.3 is 39.5 Å². The molecular formula is C66H128O17P2. The van der Waals surface area contributed by atoms with Gasteiger partial charge in [-0.2, -0.15) is 0 Å². The van der Waals surface area contributed by atoms with E-state index in [0.717, 1.165) is 102 Å². The lowest BCUT2D eigenvalue weighted by molar-refractivity contribution is -0.161. The summed E-state index contributed by atoms with van der Waals surface area (Å²) in [4.78, 5) is 72.3. The maximum Gasteiger partial charge on any atom is 0.472 e. The fourth-order valence-corrected chi connectivity index (χ4v) is 11.5. The van der Waals surface area contributed by atoms with Crippen molar-refractivity contribution in [3.05, 3.63) is 0 Å². The molecule has 0 aromatic rings. The molecule has 17 nitrogen and oxygen atoms in total. The number of aliphatic hydroxyl groups excluding tert-OH is 1. The fraction of sp³-hybridized carbons (Fsp3) is 0.939. The molecule has 3 unspecified atom stereocenters. The van der Waals surface area contributed by atoms with E-state index in [1.807, 2.05) is 0 Å². The van der Waals surface area contributed by atoms with Crippen LogP contribution in [-0.2, 0) is 65.4 Å². The van der Waals surface area contributed by atoms with Crippen LogP contribution in [0.15, 0.2) is 0 Å². The summed E-state index contributed by atoms with van der Waals surface area (Å²) in [5.41, 5.74) is 0. The lowest BCUT2D eigenvalue weighted by atomic mass is 9.99. The number of unbranched alkanes of at least 4 members (excludes halogenated alkanes) is 37. The normalized spacial score (nSPS) is 14.5. The number of phosphoric ester groups is 2. The smallest absolute Gasteiger partial charge is 0.462 e. The van der Waals surface area contributed by atoms with Crippen LogP contribution >= 0.6 is 15.6 Å². The first-order valence-corrected chi connectivity index (χ1v) is 37.7. The first-order chi connectivity index (χ1) is 41.1. The van der Waals surface area contributed by atoms with E-state index in [-0.39, 0.29) is 25.7 Å². The van der Waals surface area contributed by atoms with Gasteiger partial charge < -0.3 is 33.8 Å². The standard InChI is InChI=1S/C66H128O17P2/c1-6-10-13-16-19-22-24-25-26-28-30-37-42-47-52-66(71)83-62(56-77-64(69)50-45-40-35-32-31-33-38-43-48-59(5)9-4)58-81-85(74,75)79-54-60(67)53-78-84(72,73)80-57-61(55-76-63(68)49-44-39-34-21-18-15-12-8-3)82-65(70)51-46-41-36-29-27-23-20-17-14-11-7-2/h59-62,67H,6-58H2,1-5H3,(H,72,73)(H,74,75)/t59?,60-,61+,62+/m0/s1. The van der Waals surface area contributed by atoms with Crippen molar-refractivity contribution in [3.8, 4) is 0 Å². The second kappa shape index (κ2) is 59.7. The molecule has 6 atom stereocenters. The number of carbonyl (C=O) groups is 4. The Morgan fingerprint density at radius 2 is 0.565 bits per heavy atom. The SMILES string of the molecule is CCCCCCCCCCCCCCCCC(=O)O[C@H](COC(=O)CCCCCCCCCCC(C)CC)COP(=O)(O)OC[C@@H](O)COP(=O)(O)OC[C@@H](COC(=O)CCCCCCCCCC)OC(=O)CCCCCCCCCCCCC. The molecule has 0 saturated carbocycles. The van der Waals surface area contributed by atoms with Crippen molar-refractivity contribution >= 4 is 39.5 Å². The molecule has 0 aliphatic carbocycles. The van der Waals surface area contributed by atoms with Gasteiger partial charge in [-0.15, -0.1) is 0 Å². The third-order valence-electron chi connectivity index (χ3n) is 15.6. The topological polar surface area (TPSA) is 237 Å². The van der Waals surface area contributed by atoms with Crippen LogP contribution in [0.2, 0.25) is 0 Å². The summed E-state index contributed by atoms with van der Waals surface area (Å²) < 4.78 is 68.1. The van der Waals surface area contributed by atoms with E-state index in [2.05, 4.69) is 34.6 Å². The lowest BCUT2D eigenvalue weighted by Gasteiger charge is -2.21. The molecule has 504 valence electrons. The van der Waals surface area contributed by atoms with Crippen LogP contribution in [0.1, 0.15) is 336 Å². The largest absolute Gasteiger partial charge is 0.472 e. The van der Waals surface area contributed by atoms with Gasteiger partial charge in [0.2, 0.25) is 0 Å². The van der Waals surface area contributed by atoms with E-state index >= 15 is 0 Å². The summed E-state index contributed by atoms with van der Waals surface area (Å²) in [5, 5.41) is 10.5. The van der Waals surface area contributed by atoms with Gasteiger partial charge in [-0.1, -0.05) is 285 Å². The summed E-state index contributed by atoms with van der Waals surface area (Å²) in [7, 11) is -9.89. The highest BCUT2D eigenvalue weighted by atomic mass is 31.2. The van der Waals surface area contributed by atoms with Gasteiger partial charge in [0.15, 0.2) is 12.2 Å². The molecule has 0 saturated heterocycles. The number of hydrogen-bond donors (Lipinski definition) is 3. The predicted octanol–water partition coefficient (Wildman–Crippen LogP) is 18.6. The number of ether oxygens (including phenoxy) is 4. The Bertz CT molecular complexity index is 1650. The maximum absolute atomic E-state index is 13.0. The average Bonchev–Trinajstić information content (AvgIpc) is 3.59. The van der Waals surface area contributed by atoms with E-state index in [4.69, 9.17) is 37.0 Å². The van der Waals surface area contributed by atoms with Crippen molar-refractivity contribution in [2.75, 3.05) is 39.6 Å². The van der Waals surface area contributed by atoms with Crippen molar-refractivity contribution in [1.29, 1.82) is 0 Å². The van der Waals surface area contributed by atoms with Crippen LogP contribution < -0.4 is 0 Å². The van der Waals surface area contributed by atoms with Gasteiger partial charge in [0, 0.05) is 25.7 Å². The minimum absolute atomic E-state index is 0.107. The molecule has 0 aromatic carbocycles. The van der Waals surface area contributed by atoms with Crippen molar-refractivity contribution in [2.24, 2.45) is 5.92 Å². The summed E-state index contributed by atoms with van der Waals surface area (Å²) in [6.45, 7) is 7.19. The molecule has 85 heavy (non-hydrogen) atoms. The van der Waals surface area contributed by atoms with Gasteiger partial charge in [-0.25, -0.2) is 9.13 Å². The zero-order valence-corrected chi connectivity index (χ0v) is 56.5. The third-order valence-corrected chi connectivity index (χ3v) is 17.5. The van der Waals surface area contributed by atoms with Crippen molar-refractivity contribution in [3.63, 3.8) is 0 Å². The Hall–Kier alpha value is -1.94. The van der Waals surface area contributed by atoms with Crippen molar-refractivity contribution < 1.29 is 80.2 Å². The van der Waals surface area contributed by atoms with Gasteiger partial charge in [0.05, 0.1) is 26.4 Å². The molecule has 0 spiro atoms. The van der Waals surface area contributed by atoms with Gasteiger partial charge in [0.25, 0.3) is 0 Å². The first-order valence-electron chi connectivity index (χ1n) is 34.7. The summed E-state index contributed by atoms with van der Waals surface area (Å²) in [5.74, 6) is -1.35. The first kappa shape index (κ1) is 83.1. The highest BCUT2D eigenvalue weighted by molar-refractivity contribution is 7.47. The molecule has 3 N–H and O–H groups in total. The number of aliphatic hydroxyl groups is 1. The Morgan fingerprint density at radius 3 is 0.835 bits per heavy atom. The van der Waals surface area contributed by atoms with Crippen molar-refractivity contribution in [2.45, 2.75) is 355 Å². The van der Waals surface area contributed by atoms with Gasteiger partial charge in [-0.05, 0) is 31.6 Å². The molecule has 19 heteroatoms. The summed E-state index contributed by atoms with van der Waals surface area (Å²) in [6, 6.07) is 0. The average molecular weight is 1260 g/mol. The minimum atomic E-state index is -4.95. The molecular weight excluding hydrogens is 1130 g/mol. The highest BCUT2D eigenvalue weighted by Gasteiger charge is 2.30. The number of rotatable bonds is 66. The molecule has 0 fully saturated rings. The Morgan fingerprint density at radius 1 is 0.329 bits per heavy atom. The summed E-state index contributed by atoms with van der Waals surface area (Å²) in [6.07, 6.45) is 44.3. The molecule has 0 amide bonds. The third kappa shape index (κ3) is 59.5. The Balaban J connectivity index is 5.23. The maximum atomic E-state index is 13.0. The van der Waals surface area contributed by atoms with Crippen LogP contribution in [0.3, 0.4) is 0 Å². The molecule has 0 aromatic heterocycles. The zero-order valence-electron chi connectivity index (χ0n) is 54.7. The fourth-order valence-electron chi connectivity index (χ4n) is 9.90. The van der Waals surface area contributed by atoms with E-state index in [0.29, 0.717) is 25.7 Å². The van der Waals surface area contributed by atoms with E-state index in [9.17, 15) is 43.2 Å². The van der Waals surface area contributed by atoms with E-state index < -0.39 is 97.5 Å². The van der Waals surface area contributed by atoms with Gasteiger partial charge in [0.1, 0.15) is 19.3 Å². The number of phosphoric acid groups is 2. The number of esters is 4. The Kier molecular flexibility index (Phi) is 58.3. The van der Waals surface area contributed by atoms with Crippen LogP contribution in [0.25, 0.3) is 0 Å². The molecule has 0 aliphatic heterocycles. The van der Waals surface area contributed by atoms with E-state index in [1.165, 1.54) is 154 Å². The molecule has 0 bridgehead atoms. The molecule has 0 heterocycles. The number of carbonyl (C=O) groups excluding carboxylic acids is 4. The quantitative estimate of drug-likeness (QED) is 0.0222. The van der Waals surface area contributed by atoms with E-state index in [1.54, 1.807) is 0 Å². The zero-order chi connectivity index (χ0) is 62.8. The summed E-state index contributed by atoms with van der Waals surface area (Å²) >= 11 is 0. The second-order valence-corrected chi connectivity index (χ2v) is 27.0. The van der Waals surface area contributed by atoms with Crippen LogP contribution in [0, 0.1) is 5.92 Å². The molecule has 0 aliphatic rings. The van der Waals surface area contributed by atoms with Crippen molar-refractivity contribution in [1.82, 2.24) is 0 Å². The predicted molar refractivity (Wildman–Crippen MR) is 340 cm³/mol. The van der Waals surface area contributed by atoms with Crippen LogP contribution in [-0.4, -0.2) is 96.7 Å². The van der Waals surface area contributed by atoms with Gasteiger partial charge in [-0.3, -0.25) is 37.3 Å². The molecule has 0 rings (SSSR count). The monoisotopic (exact) mass is 1250 g/mol. The Labute approximate surface area is 517 Å². The number of hydrogen-bond acceptors (Lipinski definition) is 15. The lowest BCUT2D eigenvalue weighted by Crippen LogP contribution is -2.30. The van der Waals surface area contributed by atoms with Crippen LogP contribution in [0.4, 0.5) is 0 Å². The highest BCUT2D eigenvalue weighted by Crippen LogP contribution is 2.45. The van der Waals surface area contributed by atoms with Crippen LogP contribution in [0.5, 0.6) is 0 Å². The molecule has 0 radical (unpaired) electrons.